The number of fused-ring (bicyclic) bond motifs is 3. The Bertz CT molecular complexity index is 1130. The normalized spacial score (nSPS) is 15.2. The summed E-state index contributed by atoms with van der Waals surface area (Å²) in [6.07, 6.45) is 0. The molecule has 0 saturated carbocycles. The summed E-state index contributed by atoms with van der Waals surface area (Å²) in [4.78, 5) is 31.2. The van der Waals surface area contributed by atoms with E-state index in [1.54, 1.807) is 11.6 Å². The van der Waals surface area contributed by atoms with E-state index >= 15 is 0 Å². The number of likely N-dealkylation sites (N-methyl/N-ethyl adjacent to an activating group) is 1. The number of pyridine rings is 1. The van der Waals surface area contributed by atoms with Crippen LogP contribution in [0.25, 0.3) is 21.0 Å². The standard InChI is InChI=1S/C22H27N3O4S/c1-4-28-13-14-29-18-17-19(15-7-5-6-8-16(15)24(3)21(17)26)30-20(18)22(27)25-11-9-23(2)10-12-25/h5-8H,4,9-14H2,1-3H3. The summed E-state index contributed by atoms with van der Waals surface area (Å²) in [7, 11) is 3.81. The molecule has 8 heteroatoms. The molecule has 160 valence electrons. The number of benzene rings is 1. The molecule has 0 atom stereocenters. The van der Waals surface area contributed by atoms with Crippen LogP contribution in [0.15, 0.2) is 29.1 Å². The molecule has 1 aliphatic heterocycles. The highest BCUT2D eigenvalue weighted by atomic mass is 32.1. The number of rotatable bonds is 6. The highest BCUT2D eigenvalue weighted by Crippen LogP contribution is 2.40. The lowest BCUT2D eigenvalue weighted by Gasteiger charge is -2.32. The van der Waals surface area contributed by atoms with E-state index in [1.807, 2.05) is 36.1 Å². The van der Waals surface area contributed by atoms with Crippen molar-refractivity contribution in [2.75, 3.05) is 53.0 Å². The third-order valence-corrected chi connectivity index (χ3v) is 6.75. The van der Waals surface area contributed by atoms with Crippen molar-refractivity contribution in [3.05, 3.63) is 39.5 Å². The van der Waals surface area contributed by atoms with Crippen LogP contribution in [0.4, 0.5) is 0 Å². The zero-order chi connectivity index (χ0) is 21.3. The van der Waals surface area contributed by atoms with Crippen LogP contribution < -0.4 is 10.3 Å². The molecule has 0 N–H and O–H groups in total. The van der Waals surface area contributed by atoms with Gasteiger partial charge in [0.25, 0.3) is 11.5 Å². The number of carbonyl (C=O) groups excluding carboxylic acids is 1. The maximum atomic E-state index is 13.4. The summed E-state index contributed by atoms with van der Waals surface area (Å²) in [5.74, 6) is 0.326. The van der Waals surface area contributed by atoms with Crippen LogP contribution in [0.5, 0.6) is 5.75 Å². The predicted molar refractivity (Wildman–Crippen MR) is 120 cm³/mol. The summed E-state index contributed by atoms with van der Waals surface area (Å²) >= 11 is 1.36. The number of nitrogens with zero attached hydrogens (tertiary/aromatic N) is 3. The highest BCUT2D eigenvalue weighted by molar-refractivity contribution is 7.22. The molecule has 7 nitrogen and oxygen atoms in total. The van der Waals surface area contributed by atoms with Gasteiger partial charge in [0, 0.05) is 45.2 Å². The maximum absolute atomic E-state index is 13.4. The highest BCUT2D eigenvalue weighted by Gasteiger charge is 2.29. The first-order valence-corrected chi connectivity index (χ1v) is 11.1. The number of hydrogen-bond acceptors (Lipinski definition) is 6. The molecule has 0 spiro atoms. The van der Waals surface area contributed by atoms with Gasteiger partial charge in [0.1, 0.15) is 16.9 Å². The van der Waals surface area contributed by atoms with Crippen LogP contribution in [0.3, 0.4) is 0 Å². The molecule has 0 bridgehead atoms. The molecular formula is C22H27N3O4S. The number of aryl methyl sites for hydroxylation is 1. The number of aromatic nitrogens is 1. The Balaban J connectivity index is 1.85. The van der Waals surface area contributed by atoms with Crippen molar-refractivity contribution in [1.29, 1.82) is 0 Å². The first-order valence-electron chi connectivity index (χ1n) is 10.3. The minimum absolute atomic E-state index is 0.0677. The van der Waals surface area contributed by atoms with Gasteiger partial charge in [-0.1, -0.05) is 18.2 Å². The molecule has 1 fully saturated rings. The van der Waals surface area contributed by atoms with Crippen LogP contribution in [0, 0.1) is 0 Å². The molecule has 0 unspecified atom stereocenters. The Morgan fingerprint density at radius 3 is 2.57 bits per heavy atom. The van der Waals surface area contributed by atoms with Crippen molar-refractivity contribution in [3.63, 3.8) is 0 Å². The number of hydrogen-bond donors (Lipinski definition) is 0. The Kier molecular flexibility index (Phi) is 6.08. The molecular weight excluding hydrogens is 402 g/mol. The SMILES string of the molecule is CCOCCOc1c(C(=O)N2CCN(C)CC2)sc2c1c(=O)n(C)c1ccccc21. The van der Waals surface area contributed by atoms with E-state index in [9.17, 15) is 9.59 Å². The predicted octanol–water partition coefficient (Wildman–Crippen LogP) is 2.56. The van der Waals surface area contributed by atoms with Gasteiger partial charge in [-0.15, -0.1) is 11.3 Å². The van der Waals surface area contributed by atoms with Gasteiger partial charge in [0.2, 0.25) is 0 Å². The molecule has 3 aromatic rings. The number of thiophene rings is 1. The second-order valence-electron chi connectivity index (χ2n) is 7.49. The van der Waals surface area contributed by atoms with Crippen LogP contribution >= 0.6 is 11.3 Å². The van der Waals surface area contributed by atoms with Gasteiger partial charge in [-0.05, 0) is 20.0 Å². The van der Waals surface area contributed by atoms with Crippen molar-refractivity contribution in [3.8, 4) is 5.75 Å². The van der Waals surface area contributed by atoms with E-state index in [-0.39, 0.29) is 11.5 Å². The lowest BCUT2D eigenvalue weighted by Crippen LogP contribution is -2.47. The quantitative estimate of drug-likeness (QED) is 0.564. The Morgan fingerprint density at radius 1 is 1.10 bits per heavy atom. The van der Waals surface area contributed by atoms with Crippen LogP contribution in [0.2, 0.25) is 0 Å². The average molecular weight is 430 g/mol. The second-order valence-corrected chi connectivity index (χ2v) is 8.51. The first kappa shape index (κ1) is 20.8. The van der Waals surface area contributed by atoms with Crippen LogP contribution in [-0.2, 0) is 11.8 Å². The van der Waals surface area contributed by atoms with Gasteiger partial charge < -0.3 is 23.8 Å². The van der Waals surface area contributed by atoms with E-state index in [0.29, 0.717) is 48.9 Å². The van der Waals surface area contributed by atoms with Gasteiger partial charge in [-0.25, -0.2) is 0 Å². The van der Waals surface area contributed by atoms with E-state index < -0.39 is 0 Å². The molecule has 1 aromatic carbocycles. The van der Waals surface area contributed by atoms with Crippen molar-refractivity contribution in [2.24, 2.45) is 7.05 Å². The zero-order valence-corrected chi connectivity index (χ0v) is 18.5. The smallest absolute Gasteiger partial charge is 0.267 e. The lowest BCUT2D eigenvalue weighted by molar-refractivity contribution is 0.0661. The number of amides is 1. The van der Waals surface area contributed by atoms with E-state index in [0.717, 1.165) is 28.7 Å². The summed E-state index contributed by atoms with van der Waals surface area (Å²) in [5.41, 5.74) is 0.694. The number of para-hydroxylation sites is 1. The topological polar surface area (TPSA) is 64.0 Å². The Labute approximate surface area is 179 Å². The molecule has 2 aromatic heterocycles. The molecule has 3 heterocycles. The van der Waals surface area contributed by atoms with E-state index in [2.05, 4.69) is 11.9 Å². The third kappa shape index (κ3) is 3.71. The largest absolute Gasteiger partial charge is 0.489 e. The number of ether oxygens (including phenoxy) is 2. The van der Waals surface area contributed by atoms with Gasteiger partial charge in [-0.2, -0.15) is 0 Å². The molecule has 1 saturated heterocycles. The molecule has 0 radical (unpaired) electrons. The summed E-state index contributed by atoms with van der Waals surface area (Å²) in [5, 5.41) is 1.43. The molecule has 4 rings (SSSR count). The lowest BCUT2D eigenvalue weighted by atomic mass is 10.1. The van der Waals surface area contributed by atoms with Crippen LogP contribution in [0.1, 0.15) is 16.6 Å². The van der Waals surface area contributed by atoms with Crippen LogP contribution in [-0.4, -0.2) is 73.3 Å². The summed E-state index contributed by atoms with van der Waals surface area (Å²) in [6.45, 7) is 6.21. The second kappa shape index (κ2) is 8.75. The maximum Gasteiger partial charge on any atom is 0.267 e. The van der Waals surface area contributed by atoms with Gasteiger partial charge in [0.05, 0.1) is 16.8 Å². The van der Waals surface area contributed by atoms with Gasteiger partial charge in [0.15, 0.2) is 5.75 Å². The minimum Gasteiger partial charge on any atom is -0.489 e. The van der Waals surface area contributed by atoms with Crippen molar-refractivity contribution >= 4 is 38.2 Å². The fourth-order valence-electron chi connectivity index (χ4n) is 3.81. The first-order chi connectivity index (χ1) is 14.5. The Morgan fingerprint density at radius 2 is 1.83 bits per heavy atom. The van der Waals surface area contributed by atoms with Crippen molar-refractivity contribution in [1.82, 2.24) is 14.4 Å². The molecule has 1 amide bonds. The fraction of sp³-hybridized carbons (Fsp3) is 0.455. The minimum atomic E-state index is -0.149. The van der Waals surface area contributed by atoms with E-state index in [4.69, 9.17) is 9.47 Å². The molecule has 30 heavy (non-hydrogen) atoms. The monoisotopic (exact) mass is 429 g/mol. The Hall–Kier alpha value is -2.42. The summed E-state index contributed by atoms with van der Waals surface area (Å²) < 4.78 is 13.8. The van der Waals surface area contributed by atoms with Crippen molar-refractivity contribution in [2.45, 2.75) is 6.92 Å². The number of piperazine rings is 1. The van der Waals surface area contributed by atoms with E-state index in [1.165, 1.54) is 11.3 Å². The summed E-state index contributed by atoms with van der Waals surface area (Å²) in [6, 6.07) is 7.77. The van der Waals surface area contributed by atoms with Gasteiger partial charge >= 0.3 is 0 Å². The molecule has 0 aliphatic carbocycles. The van der Waals surface area contributed by atoms with Gasteiger partial charge in [-0.3, -0.25) is 9.59 Å². The number of carbonyl (C=O) groups is 1. The van der Waals surface area contributed by atoms with Crippen molar-refractivity contribution < 1.29 is 14.3 Å². The fourth-order valence-corrected chi connectivity index (χ4v) is 5.05. The molecule has 1 aliphatic rings. The average Bonchev–Trinajstić information content (AvgIpc) is 3.15. The third-order valence-electron chi connectivity index (χ3n) is 5.56. The zero-order valence-electron chi connectivity index (χ0n) is 17.6.